The third-order valence-electron chi connectivity index (χ3n) is 4.83. The average molecular weight is 322 g/mol. The second-order valence-corrected chi connectivity index (χ2v) is 7.10. The van der Waals surface area contributed by atoms with Gasteiger partial charge in [0.15, 0.2) is 12.4 Å². The Bertz CT molecular complexity index is 726. The monoisotopic (exact) mass is 322 g/mol. The van der Waals surface area contributed by atoms with Crippen LogP contribution in [0.15, 0.2) is 36.4 Å². The molecular formula is C22H26O2. The summed E-state index contributed by atoms with van der Waals surface area (Å²) < 4.78 is 5.93. The van der Waals surface area contributed by atoms with E-state index in [4.69, 9.17) is 4.74 Å². The summed E-state index contributed by atoms with van der Waals surface area (Å²) in [5.74, 6) is 1.41. The summed E-state index contributed by atoms with van der Waals surface area (Å²) in [5, 5.41) is 0. The van der Waals surface area contributed by atoms with Gasteiger partial charge in [0.1, 0.15) is 5.75 Å². The molecule has 24 heavy (non-hydrogen) atoms. The number of ketones is 1. The molecule has 1 aliphatic rings. The van der Waals surface area contributed by atoms with Gasteiger partial charge in [0, 0.05) is 5.56 Å². The third kappa shape index (κ3) is 3.69. The number of Topliss-reactive ketones (excluding diaryl/α,β-unsaturated/α-hetero) is 1. The van der Waals surface area contributed by atoms with E-state index in [1.165, 1.54) is 35.1 Å². The van der Waals surface area contributed by atoms with Gasteiger partial charge in [-0.25, -0.2) is 0 Å². The van der Waals surface area contributed by atoms with E-state index in [0.29, 0.717) is 5.92 Å². The van der Waals surface area contributed by atoms with Crippen molar-refractivity contribution in [1.29, 1.82) is 0 Å². The zero-order chi connectivity index (χ0) is 17.1. The lowest BCUT2D eigenvalue weighted by Crippen LogP contribution is -2.14. The average Bonchev–Trinajstić information content (AvgIpc) is 2.59. The van der Waals surface area contributed by atoms with E-state index in [1.807, 2.05) is 24.3 Å². The molecule has 2 aromatic carbocycles. The summed E-state index contributed by atoms with van der Waals surface area (Å²) in [6, 6.07) is 12.2. The van der Waals surface area contributed by atoms with Crippen LogP contribution in [0.4, 0.5) is 0 Å². The summed E-state index contributed by atoms with van der Waals surface area (Å²) >= 11 is 0. The molecule has 2 aromatic rings. The van der Waals surface area contributed by atoms with Crippen molar-refractivity contribution >= 4 is 5.78 Å². The molecule has 0 amide bonds. The molecule has 0 aliphatic heterocycles. The number of carbonyl (C=O) groups excluding carboxylic acids is 1. The highest BCUT2D eigenvalue weighted by atomic mass is 16.5. The number of benzene rings is 2. The van der Waals surface area contributed by atoms with Crippen LogP contribution in [-0.2, 0) is 12.8 Å². The Morgan fingerprint density at radius 3 is 2.50 bits per heavy atom. The van der Waals surface area contributed by atoms with Crippen LogP contribution in [0.2, 0.25) is 0 Å². The highest BCUT2D eigenvalue weighted by Crippen LogP contribution is 2.31. The van der Waals surface area contributed by atoms with Crippen molar-refractivity contribution < 1.29 is 9.53 Å². The zero-order valence-corrected chi connectivity index (χ0v) is 14.9. The van der Waals surface area contributed by atoms with Crippen LogP contribution in [0.1, 0.15) is 65.2 Å². The summed E-state index contributed by atoms with van der Waals surface area (Å²) in [5.41, 5.74) is 5.88. The number of aryl methyl sites for hydroxylation is 2. The van der Waals surface area contributed by atoms with Crippen molar-refractivity contribution in [2.24, 2.45) is 0 Å². The van der Waals surface area contributed by atoms with Gasteiger partial charge in [-0.05, 0) is 66.8 Å². The number of rotatable bonds is 5. The van der Waals surface area contributed by atoms with Gasteiger partial charge in [-0.1, -0.05) is 44.2 Å². The van der Waals surface area contributed by atoms with Crippen molar-refractivity contribution in [1.82, 2.24) is 0 Å². The van der Waals surface area contributed by atoms with E-state index in [9.17, 15) is 4.79 Å². The van der Waals surface area contributed by atoms with Crippen LogP contribution in [-0.4, -0.2) is 12.4 Å². The molecule has 0 aromatic heterocycles. The lowest BCUT2D eigenvalue weighted by molar-refractivity contribution is 0.0920. The Morgan fingerprint density at radius 1 is 1.08 bits per heavy atom. The second-order valence-electron chi connectivity index (χ2n) is 7.10. The zero-order valence-electron chi connectivity index (χ0n) is 14.9. The van der Waals surface area contributed by atoms with Crippen LogP contribution < -0.4 is 4.74 Å². The molecule has 2 heteroatoms. The van der Waals surface area contributed by atoms with E-state index in [-0.39, 0.29) is 12.4 Å². The predicted octanol–water partition coefficient (Wildman–Crippen LogP) is 5.26. The van der Waals surface area contributed by atoms with Crippen LogP contribution in [0.3, 0.4) is 0 Å². The maximum Gasteiger partial charge on any atom is 0.200 e. The first kappa shape index (κ1) is 16.8. The molecule has 0 heterocycles. The molecule has 0 saturated heterocycles. The molecule has 3 rings (SSSR count). The van der Waals surface area contributed by atoms with Crippen molar-refractivity contribution in [2.45, 2.75) is 52.4 Å². The van der Waals surface area contributed by atoms with E-state index < -0.39 is 0 Å². The lowest BCUT2D eigenvalue weighted by Gasteiger charge is -2.20. The quantitative estimate of drug-likeness (QED) is 0.702. The Kier molecular flexibility index (Phi) is 5.03. The minimum absolute atomic E-state index is 0.0383. The van der Waals surface area contributed by atoms with Gasteiger partial charge in [-0.15, -0.1) is 0 Å². The molecule has 126 valence electrons. The predicted molar refractivity (Wildman–Crippen MR) is 98.2 cm³/mol. The molecule has 0 bridgehead atoms. The number of ether oxygens (including phenoxy) is 1. The Labute approximate surface area is 144 Å². The van der Waals surface area contributed by atoms with Gasteiger partial charge in [0.2, 0.25) is 0 Å². The first-order valence-electron chi connectivity index (χ1n) is 8.93. The molecule has 1 aliphatic carbocycles. The molecule has 0 spiro atoms. The Hall–Kier alpha value is -2.09. The molecule has 0 radical (unpaired) electrons. The molecular weight excluding hydrogens is 296 g/mol. The number of hydrogen-bond acceptors (Lipinski definition) is 2. The second kappa shape index (κ2) is 7.21. The number of carbonyl (C=O) groups is 1. The molecule has 0 N–H and O–H groups in total. The standard InChI is InChI=1S/C22H26O2/c1-15(2)17-8-10-18(11-9-17)21(23)14-24-22-13-16(3)12-19-6-4-5-7-20(19)22/h8-13,15H,4-7,14H2,1-3H3. The molecule has 0 unspecified atom stereocenters. The van der Waals surface area contributed by atoms with Crippen molar-refractivity contribution in [3.8, 4) is 5.75 Å². The molecule has 2 nitrogen and oxygen atoms in total. The Balaban J connectivity index is 1.71. The van der Waals surface area contributed by atoms with Crippen LogP contribution in [0.25, 0.3) is 0 Å². The largest absolute Gasteiger partial charge is 0.485 e. The third-order valence-corrected chi connectivity index (χ3v) is 4.83. The topological polar surface area (TPSA) is 26.3 Å². The number of fused-ring (bicyclic) bond motifs is 1. The highest BCUT2D eigenvalue weighted by Gasteiger charge is 2.16. The normalized spacial score (nSPS) is 13.7. The van der Waals surface area contributed by atoms with Crippen LogP contribution >= 0.6 is 0 Å². The SMILES string of the molecule is Cc1cc2c(c(OCC(=O)c3ccc(C(C)C)cc3)c1)CCCC2. The van der Waals surface area contributed by atoms with Gasteiger partial charge in [0.25, 0.3) is 0 Å². The summed E-state index contributed by atoms with van der Waals surface area (Å²) in [4.78, 5) is 12.4. The summed E-state index contributed by atoms with van der Waals surface area (Å²) in [6.45, 7) is 6.51. The molecule has 0 saturated carbocycles. The fraction of sp³-hybridized carbons (Fsp3) is 0.409. The van der Waals surface area contributed by atoms with E-state index in [1.54, 1.807) is 0 Å². The van der Waals surface area contributed by atoms with Crippen LogP contribution in [0, 0.1) is 6.92 Å². The van der Waals surface area contributed by atoms with Crippen molar-refractivity contribution in [3.63, 3.8) is 0 Å². The minimum atomic E-state index is 0.0383. The Morgan fingerprint density at radius 2 is 1.79 bits per heavy atom. The summed E-state index contributed by atoms with van der Waals surface area (Å²) in [7, 11) is 0. The van der Waals surface area contributed by atoms with Gasteiger partial charge in [-0.2, -0.15) is 0 Å². The fourth-order valence-corrected chi connectivity index (χ4v) is 3.39. The maximum absolute atomic E-state index is 12.4. The van der Waals surface area contributed by atoms with Gasteiger partial charge in [-0.3, -0.25) is 4.79 Å². The van der Waals surface area contributed by atoms with Gasteiger partial charge >= 0.3 is 0 Å². The maximum atomic E-state index is 12.4. The van der Waals surface area contributed by atoms with Gasteiger partial charge < -0.3 is 4.74 Å². The van der Waals surface area contributed by atoms with Crippen LogP contribution in [0.5, 0.6) is 5.75 Å². The lowest BCUT2D eigenvalue weighted by atomic mass is 9.90. The first-order valence-corrected chi connectivity index (χ1v) is 8.93. The van der Waals surface area contributed by atoms with Gasteiger partial charge in [0.05, 0.1) is 0 Å². The number of hydrogen-bond donors (Lipinski definition) is 0. The van der Waals surface area contributed by atoms with E-state index >= 15 is 0 Å². The summed E-state index contributed by atoms with van der Waals surface area (Å²) in [6.07, 6.45) is 4.63. The highest BCUT2D eigenvalue weighted by molar-refractivity contribution is 5.97. The fourth-order valence-electron chi connectivity index (χ4n) is 3.39. The minimum Gasteiger partial charge on any atom is -0.485 e. The molecule has 0 atom stereocenters. The smallest absolute Gasteiger partial charge is 0.200 e. The van der Waals surface area contributed by atoms with Crippen molar-refractivity contribution in [3.05, 3.63) is 64.2 Å². The first-order chi connectivity index (χ1) is 11.5. The van der Waals surface area contributed by atoms with E-state index in [0.717, 1.165) is 24.2 Å². The van der Waals surface area contributed by atoms with E-state index in [2.05, 4.69) is 32.9 Å². The van der Waals surface area contributed by atoms with Crippen molar-refractivity contribution in [2.75, 3.05) is 6.61 Å². The molecule has 0 fully saturated rings.